The summed E-state index contributed by atoms with van der Waals surface area (Å²) in [5.74, 6) is 0.877. The maximum absolute atomic E-state index is 12.3. The highest BCUT2D eigenvalue weighted by molar-refractivity contribution is 5.86. The van der Waals surface area contributed by atoms with Crippen molar-refractivity contribution in [2.45, 2.75) is 33.9 Å². The molecule has 6 heteroatoms. The molecular weight excluding hydrogens is 326 g/mol. The van der Waals surface area contributed by atoms with Crippen LogP contribution in [0.1, 0.15) is 31.9 Å². The minimum atomic E-state index is 0.121. The summed E-state index contributed by atoms with van der Waals surface area (Å²) in [5, 5.41) is 3.28. The highest BCUT2D eigenvalue weighted by Crippen LogP contribution is 2.08. The predicted molar refractivity (Wildman–Crippen MR) is 109 cm³/mol. The summed E-state index contributed by atoms with van der Waals surface area (Å²) in [5.41, 5.74) is 2.45. The van der Waals surface area contributed by atoms with Crippen LogP contribution in [0.4, 0.5) is 0 Å². The Balaban J connectivity index is 2.80. The second kappa shape index (κ2) is 11.5. The van der Waals surface area contributed by atoms with Gasteiger partial charge in [-0.2, -0.15) is 0 Å². The van der Waals surface area contributed by atoms with Crippen LogP contribution in [-0.4, -0.2) is 73.9 Å². The van der Waals surface area contributed by atoms with Crippen LogP contribution in [0.3, 0.4) is 0 Å². The summed E-state index contributed by atoms with van der Waals surface area (Å²) in [6.45, 7) is 10.1. The average molecular weight is 362 g/mol. The summed E-state index contributed by atoms with van der Waals surface area (Å²) in [6.07, 6.45) is 0. The van der Waals surface area contributed by atoms with E-state index in [9.17, 15) is 4.79 Å². The molecule has 0 aliphatic rings. The fraction of sp³-hybridized carbons (Fsp3) is 0.600. The van der Waals surface area contributed by atoms with Crippen molar-refractivity contribution in [3.63, 3.8) is 0 Å². The van der Waals surface area contributed by atoms with Crippen LogP contribution in [-0.2, 0) is 17.9 Å². The summed E-state index contributed by atoms with van der Waals surface area (Å²) in [7, 11) is 6.04. The van der Waals surface area contributed by atoms with E-state index < -0.39 is 0 Å². The Morgan fingerprint density at radius 2 is 1.73 bits per heavy atom. The molecule has 0 bridgehead atoms. The van der Waals surface area contributed by atoms with E-state index in [1.165, 1.54) is 11.1 Å². The minimum absolute atomic E-state index is 0.121. The molecule has 1 aromatic carbocycles. The molecule has 0 aromatic heterocycles. The molecule has 0 radical (unpaired) electrons. The number of likely N-dealkylation sites (N-methyl/N-ethyl adjacent to an activating group) is 2. The molecule has 0 heterocycles. The summed E-state index contributed by atoms with van der Waals surface area (Å²) in [4.78, 5) is 22.9. The van der Waals surface area contributed by atoms with Crippen molar-refractivity contribution in [1.29, 1.82) is 0 Å². The number of rotatable bonds is 9. The molecular formula is C20H35N5O. The highest BCUT2D eigenvalue weighted by Gasteiger charge is 2.14. The fourth-order valence-corrected chi connectivity index (χ4v) is 2.78. The number of amides is 1. The lowest BCUT2D eigenvalue weighted by Crippen LogP contribution is -2.45. The Labute approximate surface area is 158 Å². The number of guanidine groups is 1. The summed E-state index contributed by atoms with van der Waals surface area (Å²) < 4.78 is 0. The molecule has 0 unspecified atom stereocenters. The van der Waals surface area contributed by atoms with Crippen LogP contribution in [0, 0.1) is 0 Å². The molecule has 0 saturated carbocycles. The standard InChI is InChI=1S/C20H35N5O/c1-7-21-20(24(6)16-19(26)25(8-2)9-3)22-14-17-11-10-12-18(13-17)15-23(4)5/h10-13H,7-9,14-16H2,1-6H3,(H,21,22). The van der Waals surface area contributed by atoms with Gasteiger partial charge in [-0.25, -0.2) is 4.99 Å². The predicted octanol–water partition coefficient (Wildman–Crippen LogP) is 2.01. The third-order valence-corrected chi connectivity index (χ3v) is 4.09. The zero-order valence-corrected chi connectivity index (χ0v) is 17.2. The van der Waals surface area contributed by atoms with E-state index in [1.54, 1.807) is 0 Å². The van der Waals surface area contributed by atoms with Crippen molar-refractivity contribution in [3.05, 3.63) is 35.4 Å². The molecule has 0 aliphatic carbocycles. The molecule has 1 N–H and O–H groups in total. The minimum Gasteiger partial charge on any atom is -0.357 e. The maximum atomic E-state index is 12.3. The normalized spacial score (nSPS) is 11.6. The van der Waals surface area contributed by atoms with Crippen molar-refractivity contribution < 1.29 is 4.79 Å². The van der Waals surface area contributed by atoms with E-state index >= 15 is 0 Å². The first kappa shape index (κ1) is 22.0. The van der Waals surface area contributed by atoms with Crippen LogP contribution >= 0.6 is 0 Å². The first-order valence-electron chi connectivity index (χ1n) is 9.40. The van der Waals surface area contributed by atoms with E-state index in [0.717, 1.165) is 32.1 Å². The molecule has 0 aliphatic heterocycles. The van der Waals surface area contributed by atoms with Gasteiger partial charge in [0.05, 0.1) is 13.1 Å². The van der Waals surface area contributed by atoms with Crippen LogP contribution in [0.15, 0.2) is 29.3 Å². The van der Waals surface area contributed by atoms with Gasteiger partial charge in [-0.15, -0.1) is 0 Å². The number of nitrogens with one attached hydrogen (secondary N) is 1. The topological polar surface area (TPSA) is 51.2 Å². The van der Waals surface area contributed by atoms with E-state index in [2.05, 4.69) is 48.6 Å². The SMILES string of the molecule is CCNC(=NCc1cccc(CN(C)C)c1)N(C)CC(=O)N(CC)CC. The molecule has 6 nitrogen and oxygen atoms in total. The molecule has 0 spiro atoms. The van der Waals surface area contributed by atoms with Gasteiger partial charge in [-0.05, 0) is 46.0 Å². The summed E-state index contributed by atoms with van der Waals surface area (Å²) in [6, 6.07) is 8.49. The highest BCUT2D eigenvalue weighted by atomic mass is 16.2. The fourth-order valence-electron chi connectivity index (χ4n) is 2.78. The summed E-state index contributed by atoms with van der Waals surface area (Å²) >= 11 is 0. The zero-order valence-electron chi connectivity index (χ0n) is 17.2. The van der Waals surface area contributed by atoms with Gasteiger partial charge < -0.3 is 20.0 Å². The first-order chi connectivity index (χ1) is 12.4. The van der Waals surface area contributed by atoms with E-state index in [-0.39, 0.29) is 5.91 Å². The third-order valence-electron chi connectivity index (χ3n) is 4.09. The number of hydrogen-bond acceptors (Lipinski definition) is 3. The largest absolute Gasteiger partial charge is 0.357 e. The first-order valence-corrected chi connectivity index (χ1v) is 9.40. The Morgan fingerprint density at radius 1 is 1.08 bits per heavy atom. The van der Waals surface area contributed by atoms with Gasteiger partial charge in [-0.1, -0.05) is 24.3 Å². The molecule has 0 atom stereocenters. The zero-order chi connectivity index (χ0) is 19.5. The van der Waals surface area contributed by atoms with Crippen molar-refractivity contribution in [1.82, 2.24) is 20.0 Å². The Hall–Kier alpha value is -2.08. The molecule has 26 heavy (non-hydrogen) atoms. The maximum Gasteiger partial charge on any atom is 0.242 e. The van der Waals surface area contributed by atoms with Gasteiger partial charge in [0, 0.05) is 33.2 Å². The van der Waals surface area contributed by atoms with Crippen LogP contribution < -0.4 is 5.32 Å². The number of benzene rings is 1. The van der Waals surface area contributed by atoms with E-state index in [1.807, 2.05) is 37.6 Å². The van der Waals surface area contributed by atoms with Crippen molar-refractivity contribution in [2.24, 2.45) is 4.99 Å². The number of nitrogens with zero attached hydrogens (tertiary/aromatic N) is 4. The van der Waals surface area contributed by atoms with Gasteiger partial charge in [0.15, 0.2) is 5.96 Å². The molecule has 1 rings (SSSR count). The number of carbonyl (C=O) groups excluding carboxylic acids is 1. The monoisotopic (exact) mass is 361 g/mol. The van der Waals surface area contributed by atoms with Crippen molar-refractivity contribution in [2.75, 3.05) is 47.3 Å². The number of carbonyl (C=O) groups is 1. The molecule has 1 aromatic rings. The van der Waals surface area contributed by atoms with Gasteiger partial charge in [0.25, 0.3) is 0 Å². The second-order valence-corrected chi connectivity index (χ2v) is 6.65. The lowest BCUT2D eigenvalue weighted by atomic mass is 10.1. The Morgan fingerprint density at radius 3 is 2.31 bits per heavy atom. The quantitative estimate of drug-likeness (QED) is 0.540. The number of aliphatic imine (C=N–C) groups is 1. The molecule has 146 valence electrons. The van der Waals surface area contributed by atoms with Crippen LogP contribution in [0.5, 0.6) is 0 Å². The third kappa shape index (κ3) is 7.44. The molecule has 1 amide bonds. The average Bonchev–Trinajstić information content (AvgIpc) is 2.59. The van der Waals surface area contributed by atoms with Gasteiger partial charge >= 0.3 is 0 Å². The molecule has 0 fully saturated rings. The van der Waals surface area contributed by atoms with Crippen LogP contribution in [0.2, 0.25) is 0 Å². The second-order valence-electron chi connectivity index (χ2n) is 6.65. The smallest absolute Gasteiger partial charge is 0.242 e. The Bertz CT molecular complexity index is 581. The van der Waals surface area contributed by atoms with Gasteiger partial charge in [0.2, 0.25) is 5.91 Å². The van der Waals surface area contributed by atoms with Crippen molar-refractivity contribution >= 4 is 11.9 Å². The molecule has 0 saturated heterocycles. The van der Waals surface area contributed by atoms with E-state index in [4.69, 9.17) is 4.99 Å². The van der Waals surface area contributed by atoms with E-state index in [0.29, 0.717) is 13.1 Å². The van der Waals surface area contributed by atoms with Gasteiger partial charge in [-0.3, -0.25) is 4.79 Å². The van der Waals surface area contributed by atoms with Crippen LogP contribution in [0.25, 0.3) is 0 Å². The van der Waals surface area contributed by atoms with Crippen molar-refractivity contribution in [3.8, 4) is 0 Å². The van der Waals surface area contributed by atoms with Gasteiger partial charge in [0.1, 0.15) is 0 Å². The lowest BCUT2D eigenvalue weighted by molar-refractivity contribution is -0.131. The number of hydrogen-bond donors (Lipinski definition) is 1. The Kier molecular flexibility index (Phi) is 9.73. The lowest BCUT2D eigenvalue weighted by Gasteiger charge is -2.25.